The molecule has 0 radical (unpaired) electrons. The van der Waals surface area contributed by atoms with Crippen LogP contribution in [0.2, 0.25) is 0 Å². The fourth-order valence-electron chi connectivity index (χ4n) is 14.3. The molecule has 0 heterocycles. The second kappa shape index (κ2) is 63.2. The van der Waals surface area contributed by atoms with Gasteiger partial charge in [0.05, 0.1) is 26.4 Å². The van der Waals surface area contributed by atoms with Crippen LogP contribution in [0.15, 0.2) is 0 Å². The molecule has 0 aromatic carbocycles. The summed E-state index contributed by atoms with van der Waals surface area (Å²) < 4.78 is 23.9. The smallest absolute Gasteiger partial charge is 0.104 e. The minimum Gasteiger partial charge on any atom is -0.394 e. The molecule has 1 saturated carbocycles. The highest BCUT2D eigenvalue weighted by Gasteiger charge is 2.24. The molecule has 0 aromatic rings. The maximum absolute atomic E-state index is 9.84. The fraction of sp³-hybridized carbons (Fsp3) is 1.00. The summed E-state index contributed by atoms with van der Waals surface area (Å²) >= 11 is 0. The number of aliphatic hydroxyl groups is 2. The van der Waals surface area contributed by atoms with Gasteiger partial charge in [0.15, 0.2) is 0 Å². The number of unbranched alkanes of at least 4 members (excludes halogenated alkanes) is 24. The SMILES string of the molecule is CC(C)CCC[C@@H](C)CCC[C@@H](C)CCCC(C)CCO[C@H](CO)COCCCCCCCCCCCCCCC[C@@H]1CC[C@H](CCCCCCCCCCCCCCCOC[C@H](CO)OCCC(C)CCC[C@H](C)CCC[C@H](C)CCCC(C)C)C1. The molecule has 0 amide bonds. The van der Waals surface area contributed by atoms with Gasteiger partial charge in [0, 0.05) is 26.4 Å². The number of rotatable bonds is 70. The van der Waals surface area contributed by atoms with Crippen LogP contribution in [0.3, 0.4) is 0 Å². The van der Waals surface area contributed by atoms with E-state index < -0.39 is 0 Å². The predicted molar refractivity (Wildman–Crippen MR) is 382 cm³/mol. The van der Waals surface area contributed by atoms with Gasteiger partial charge >= 0.3 is 0 Å². The zero-order chi connectivity index (χ0) is 63.5. The van der Waals surface area contributed by atoms with Crippen molar-refractivity contribution in [2.24, 2.45) is 59.2 Å². The van der Waals surface area contributed by atoms with E-state index in [1.165, 1.54) is 295 Å². The second-order valence-corrected chi connectivity index (χ2v) is 31.4. The molecule has 1 rings (SSSR count). The molecule has 0 saturated heterocycles. The molecular formula is C81H162O6. The highest BCUT2D eigenvalue weighted by molar-refractivity contribution is 4.76. The maximum atomic E-state index is 9.84. The molecule has 0 aliphatic heterocycles. The van der Waals surface area contributed by atoms with E-state index >= 15 is 0 Å². The quantitative estimate of drug-likeness (QED) is 0.0591. The minimum absolute atomic E-state index is 0.0528. The molecule has 2 unspecified atom stereocenters. The van der Waals surface area contributed by atoms with Crippen molar-refractivity contribution in [1.82, 2.24) is 0 Å². The molecule has 0 aromatic heterocycles. The second-order valence-electron chi connectivity index (χ2n) is 31.4. The molecule has 6 nitrogen and oxygen atoms in total. The number of aliphatic hydroxyl groups excluding tert-OH is 2. The van der Waals surface area contributed by atoms with Gasteiger partial charge in [-0.25, -0.2) is 0 Å². The van der Waals surface area contributed by atoms with Crippen molar-refractivity contribution in [2.45, 2.75) is 409 Å². The number of ether oxygens (including phenoxy) is 4. The van der Waals surface area contributed by atoms with Gasteiger partial charge < -0.3 is 29.2 Å². The van der Waals surface area contributed by atoms with Crippen molar-refractivity contribution in [3.63, 3.8) is 0 Å². The zero-order valence-corrected chi connectivity index (χ0v) is 61.2. The van der Waals surface area contributed by atoms with E-state index in [9.17, 15) is 10.2 Å². The molecule has 1 aliphatic carbocycles. The molecule has 6 heteroatoms. The Kier molecular flexibility index (Phi) is 61.6. The van der Waals surface area contributed by atoms with E-state index in [4.69, 9.17) is 18.9 Å². The Hall–Kier alpha value is -0.240. The van der Waals surface area contributed by atoms with Crippen molar-refractivity contribution < 1.29 is 29.2 Å². The van der Waals surface area contributed by atoms with Crippen molar-refractivity contribution in [3.05, 3.63) is 0 Å². The first-order chi connectivity index (χ1) is 42.3. The summed E-state index contributed by atoms with van der Waals surface area (Å²) in [7, 11) is 0. The Morgan fingerprint density at radius 1 is 0.264 bits per heavy atom. The van der Waals surface area contributed by atoms with Gasteiger partial charge in [-0.1, -0.05) is 365 Å². The van der Waals surface area contributed by atoms with Crippen LogP contribution in [0, 0.1) is 59.2 Å². The van der Waals surface area contributed by atoms with Crippen LogP contribution in [-0.4, -0.2) is 75.3 Å². The minimum atomic E-state index is -0.180. The summed E-state index contributed by atoms with van der Waals surface area (Å²) in [6, 6.07) is 0. The third-order valence-electron chi connectivity index (χ3n) is 20.9. The van der Waals surface area contributed by atoms with Gasteiger partial charge in [0.1, 0.15) is 12.2 Å². The van der Waals surface area contributed by atoms with Crippen LogP contribution in [0.4, 0.5) is 0 Å². The van der Waals surface area contributed by atoms with Crippen molar-refractivity contribution in [3.8, 4) is 0 Å². The van der Waals surface area contributed by atoms with Gasteiger partial charge in [-0.3, -0.25) is 0 Å². The Bertz CT molecular complexity index is 1240. The lowest BCUT2D eigenvalue weighted by Gasteiger charge is -2.18. The zero-order valence-electron chi connectivity index (χ0n) is 61.2. The topological polar surface area (TPSA) is 77.4 Å². The molecule has 1 fully saturated rings. The third-order valence-corrected chi connectivity index (χ3v) is 20.9. The van der Waals surface area contributed by atoms with E-state index in [-0.39, 0.29) is 25.4 Å². The fourth-order valence-corrected chi connectivity index (χ4v) is 14.3. The number of hydrogen-bond acceptors (Lipinski definition) is 6. The van der Waals surface area contributed by atoms with Crippen LogP contribution in [-0.2, 0) is 18.9 Å². The highest BCUT2D eigenvalue weighted by atomic mass is 16.5. The van der Waals surface area contributed by atoms with Gasteiger partial charge in [-0.2, -0.15) is 0 Å². The van der Waals surface area contributed by atoms with Crippen LogP contribution < -0.4 is 0 Å². The van der Waals surface area contributed by atoms with E-state index in [2.05, 4.69) is 69.2 Å². The molecular weight excluding hydrogens is 1070 g/mol. The van der Waals surface area contributed by atoms with E-state index in [0.717, 1.165) is 99.5 Å². The van der Waals surface area contributed by atoms with Crippen molar-refractivity contribution in [2.75, 3.05) is 52.9 Å². The molecule has 87 heavy (non-hydrogen) atoms. The first kappa shape index (κ1) is 84.8. The lowest BCUT2D eigenvalue weighted by atomic mass is 9.91. The number of hydrogen-bond donors (Lipinski definition) is 2. The van der Waals surface area contributed by atoms with Gasteiger partial charge in [-0.15, -0.1) is 0 Å². The van der Waals surface area contributed by atoms with E-state index in [1.807, 2.05) is 0 Å². The molecule has 2 N–H and O–H groups in total. The van der Waals surface area contributed by atoms with Crippen LogP contribution in [0.5, 0.6) is 0 Å². The predicted octanol–water partition coefficient (Wildman–Crippen LogP) is 25.0. The Morgan fingerprint density at radius 2 is 0.494 bits per heavy atom. The van der Waals surface area contributed by atoms with Crippen LogP contribution in [0.1, 0.15) is 397 Å². The van der Waals surface area contributed by atoms with Crippen LogP contribution in [0.25, 0.3) is 0 Å². The Labute approximate surface area is 547 Å². The van der Waals surface area contributed by atoms with Gasteiger partial charge in [-0.05, 0) is 91.3 Å². The van der Waals surface area contributed by atoms with Crippen LogP contribution >= 0.6 is 0 Å². The monoisotopic (exact) mass is 1230 g/mol. The first-order valence-electron chi connectivity index (χ1n) is 39.9. The Morgan fingerprint density at radius 3 is 0.747 bits per heavy atom. The first-order valence-corrected chi connectivity index (χ1v) is 39.9. The lowest BCUT2D eigenvalue weighted by Crippen LogP contribution is -2.25. The molecule has 1 aliphatic rings. The summed E-state index contributed by atoms with van der Waals surface area (Å²) in [6.07, 6.45) is 70.2. The van der Waals surface area contributed by atoms with Gasteiger partial charge in [0.2, 0.25) is 0 Å². The van der Waals surface area contributed by atoms with E-state index in [0.29, 0.717) is 25.0 Å². The average Bonchev–Trinajstić information content (AvgIpc) is 4.23. The van der Waals surface area contributed by atoms with E-state index in [1.54, 1.807) is 6.42 Å². The summed E-state index contributed by atoms with van der Waals surface area (Å²) in [5, 5.41) is 19.7. The summed E-state index contributed by atoms with van der Waals surface area (Å²) in [5.41, 5.74) is 0. The largest absolute Gasteiger partial charge is 0.394 e. The van der Waals surface area contributed by atoms with Crippen molar-refractivity contribution >= 4 is 0 Å². The molecule has 0 spiro atoms. The normalized spacial score (nSPS) is 17.6. The third kappa shape index (κ3) is 59.3. The standard InChI is InChI=1S/C81H162O6/c1-70(2)43-37-45-72(5)47-39-49-74(7)51-41-53-76(9)59-63-86-80(66-82)68-84-61-35-31-27-23-19-15-11-13-17-21-25-29-33-55-78-57-58-79(65-78)56-34-30-26-22-18-14-12-16-20-24-28-32-36-62-85-69-81(67-83)87-64-60-77(10)54-42-52-75(8)50-40-48-73(6)46-38-44-71(3)4/h70-83H,11-69H2,1-10H3/t72-,73-,74-,75-,76?,77?,78-,79+,80-,81+/m1/s1. The Balaban J connectivity index is 1.81. The lowest BCUT2D eigenvalue weighted by molar-refractivity contribution is -0.0459. The highest BCUT2D eigenvalue weighted by Crippen LogP contribution is 2.37. The van der Waals surface area contributed by atoms with Crippen molar-refractivity contribution in [1.29, 1.82) is 0 Å². The summed E-state index contributed by atoms with van der Waals surface area (Å²) in [4.78, 5) is 0. The summed E-state index contributed by atoms with van der Waals surface area (Å²) in [6.45, 7) is 28.1. The summed E-state index contributed by atoms with van der Waals surface area (Å²) in [5.74, 6) is 8.61. The molecule has 10 atom stereocenters. The molecule has 522 valence electrons. The maximum Gasteiger partial charge on any atom is 0.104 e. The van der Waals surface area contributed by atoms with Gasteiger partial charge in [0.25, 0.3) is 0 Å². The average molecular weight is 1230 g/mol. The molecule has 0 bridgehead atoms.